The Morgan fingerprint density at radius 2 is 1.83 bits per heavy atom. The zero-order valence-electron chi connectivity index (χ0n) is 16.8. The van der Waals surface area contributed by atoms with E-state index in [0.717, 1.165) is 19.3 Å². The van der Waals surface area contributed by atoms with E-state index in [1.54, 1.807) is 4.90 Å². The van der Waals surface area contributed by atoms with Crippen LogP contribution in [0.1, 0.15) is 43.6 Å². The Bertz CT molecular complexity index is 846. The van der Waals surface area contributed by atoms with Crippen molar-refractivity contribution in [1.29, 1.82) is 0 Å². The molecule has 8 nitrogen and oxygen atoms in total. The molecular formula is C22H27N3O5. The molecule has 4 aliphatic rings. The summed E-state index contributed by atoms with van der Waals surface area (Å²) < 4.78 is 5.66. The molecule has 6 atom stereocenters. The number of rotatable bonds is 3. The Labute approximate surface area is 175 Å². The van der Waals surface area contributed by atoms with Gasteiger partial charge < -0.3 is 25.0 Å². The normalized spacial score (nSPS) is 35.3. The third-order valence-electron chi connectivity index (χ3n) is 7.07. The molecule has 1 aromatic carbocycles. The summed E-state index contributed by atoms with van der Waals surface area (Å²) in [4.78, 5) is 41.5. The van der Waals surface area contributed by atoms with Crippen LogP contribution >= 0.6 is 0 Å². The van der Waals surface area contributed by atoms with Crippen molar-refractivity contribution in [2.75, 3.05) is 13.1 Å². The standard InChI is InChI=1S/C22H27N3O5/c26-20-16(23-22(28)29)11-19-18(30-19)10-15-6-7-17(25(15)20)21(27)24-9-8-14(12-24)13-4-2-1-3-5-13/h1-5,14-19,23H,6-12H2,(H,28,29)/t14-,15-,16+,17+,18-,19+/m1/s1. The van der Waals surface area contributed by atoms with Gasteiger partial charge in [-0.1, -0.05) is 30.3 Å². The van der Waals surface area contributed by atoms with Gasteiger partial charge in [0.05, 0.1) is 12.2 Å². The fourth-order valence-corrected chi connectivity index (χ4v) is 5.50. The number of amides is 3. The molecule has 2 N–H and O–H groups in total. The van der Waals surface area contributed by atoms with Crippen LogP contribution in [0.4, 0.5) is 4.79 Å². The van der Waals surface area contributed by atoms with Crippen LogP contribution in [-0.2, 0) is 14.3 Å². The van der Waals surface area contributed by atoms with E-state index in [0.29, 0.717) is 31.8 Å². The molecule has 1 aromatic rings. The van der Waals surface area contributed by atoms with Crippen molar-refractivity contribution in [2.24, 2.45) is 0 Å². The molecule has 0 saturated carbocycles. The minimum Gasteiger partial charge on any atom is -0.465 e. The summed E-state index contributed by atoms with van der Waals surface area (Å²) >= 11 is 0. The SMILES string of the molecule is O=C(O)N[C@H]1C[C@@H]2O[C@@H]2C[C@H]2CC[C@@H](C(=O)N3CC[C@@H](c4ccccc4)C3)N2C1=O. The van der Waals surface area contributed by atoms with Crippen molar-refractivity contribution in [3.63, 3.8) is 0 Å². The van der Waals surface area contributed by atoms with E-state index in [2.05, 4.69) is 17.4 Å². The number of carboxylic acid groups (broad SMARTS) is 1. The molecule has 0 bridgehead atoms. The number of hydrogen-bond acceptors (Lipinski definition) is 4. The van der Waals surface area contributed by atoms with Gasteiger partial charge in [-0.2, -0.15) is 0 Å². The van der Waals surface area contributed by atoms with Gasteiger partial charge in [0.1, 0.15) is 12.1 Å². The summed E-state index contributed by atoms with van der Waals surface area (Å²) in [6, 6.07) is 8.79. The molecule has 0 spiro atoms. The Kier molecular flexibility index (Phi) is 4.89. The van der Waals surface area contributed by atoms with E-state index in [4.69, 9.17) is 4.74 Å². The van der Waals surface area contributed by atoms with Crippen molar-refractivity contribution in [3.8, 4) is 0 Å². The van der Waals surface area contributed by atoms with Gasteiger partial charge in [-0.05, 0) is 31.2 Å². The van der Waals surface area contributed by atoms with Gasteiger partial charge in [-0.3, -0.25) is 9.59 Å². The van der Waals surface area contributed by atoms with Crippen molar-refractivity contribution in [1.82, 2.24) is 15.1 Å². The molecule has 0 unspecified atom stereocenters. The second-order valence-electron chi connectivity index (χ2n) is 8.86. The molecule has 0 aliphatic carbocycles. The first-order chi connectivity index (χ1) is 14.5. The van der Waals surface area contributed by atoms with Gasteiger partial charge in [-0.25, -0.2) is 4.79 Å². The number of benzene rings is 1. The summed E-state index contributed by atoms with van der Waals surface area (Å²) in [5, 5.41) is 11.5. The highest BCUT2D eigenvalue weighted by atomic mass is 16.6. The highest BCUT2D eigenvalue weighted by Gasteiger charge is 2.53. The first-order valence-corrected chi connectivity index (χ1v) is 10.8. The topological polar surface area (TPSA) is 102 Å². The molecule has 4 heterocycles. The van der Waals surface area contributed by atoms with Gasteiger partial charge >= 0.3 is 6.09 Å². The number of epoxide rings is 1. The van der Waals surface area contributed by atoms with Gasteiger partial charge in [-0.15, -0.1) is 0 Å². The minimum absolute atomic E-state index is 0.00723. The molecule has 30 heavy (non-hydrogen) atoms. The smallest absolute Gasteiger partial charge is 0.405 e. The summed E-state index contributed by atoms with van der Waals surface area (Å²) in [6.45, 7) is 1.35. The number of carbonyl (C=O) groups excluding carboxylic acids is 2. The molecule has 4 fully saturated rings. The predicted octanol–water partition coefficient (Wildman–Crippen LogP) is 1.56. The predicted molar refractivity (Wildman–Crippen MR) is 107 cm³/mol. The van der Waals surface area contributed by atoms with Gasteiger partial charge in [0.2, 0.25) is 11.8 Å². The van der Waals surface area contributed by atoms with E-state index >= 15 is 0 Å². The lowest BCUT2D eigenvalue weighted by atomic mass is 9.99. The second-order valence-corrected chi connectivity index (χ2v) is 8.86. The quantitative estimate of drug-likeness (QED) is 0.732. The lowest BCUT2D eigenvalue weighted by Gasteiger charge is -2.35. The molecule has 0 aromatic heterocycles. The van der Waals surface area contributed by atoms with Crippen molar-refractivity contribution < 1.29 is 24.2 Å². The van der Waals surface area contributed by atoms with Crippen LogP contribution in [0.2, 0.25) is 0 Å². The number of likely N-dealkylation sites (tertiary alicyclic amines) is 1. The van der Waals surface area contributed by atoms with Gasteiger partial charge in [0.15, 0.2) is 0 Å². The maximum atomic E-state index is 13.4. The number of fused-ring (bicyclic) bond motifs is 2. The maximum absolute atomic E-state index is 13.4. The van der Waals surface area contributed by atoms with E-state index < -0.39 is 18.2 Å². The fourth-order valence-electron chi connectivity index (χ4n) is 5.50. The summed E-state index contributed by atoms with van der Waals surface area (Å²) in [7, 11) is 0. The summed E-state index contributed by atoms with van der Waals surface area (Å²) in [6.07, 6.45) is 2.13. The third kappa shape index (κ3) is 3.53. The molecule has 5 rings (SSSR count). The average Bonchev–Trinajstić information content (AvgIpc) is 3.12. The van der Waals surface area contributed by atoms with Crippen LogP contribution in [0.3, 0.4) is 0 Å². The Balaban J connectivity index is 1.32. The number of ether oxygens (including phenoxy) is 1. The Morgan fingerprint density at radius 1 is 1.07 bits per heavy atom. The van der Waals surface area contributed by atoms with E-state index in [1.807, 2.05) is 23.1 Å². The monoisotopic (exact) mass is 413 g/mol. The van der Waals surface area contributed by atoms with Gasteiger partial charge in [0.25, 0.3) is 0 Å². The molecular weight excluding hydrogens is 386 g/mol. The molecule has 3 amide bonds. The van der Waals surface area contributed by atoms with Crippen molar-refractivity contribution >= 4 is 17.9 Å². The van der Waals surface area contributed by atoms with Crippen LogP contribution < -0.4 is 5.32 Å². The highest BCUT2D eigenvalue weighted by Crippen LogP contribution is 2.40. The highest BCUT2D eigenvalue weighted by molar-refractivity contribution is 5.92. The van der Waals surface area contributed by atoms with Crippen LogP contribution in [0.5, 0.6) is 0 Å². The minimum atomic E-state index is -1.23. The third-order valence-corrected chi connectivity index (χ3v) is 7.07. The molecule has 8 heteroatoms. The Morgan fingerprint density at radius 3 is 2.60 bits per heavy atom. The zero-order chi connectivity index (χ0) is 20.8. The van der Waals surface area contributed by atoms with Crippen LogP contribution in [0.25, 0.3) is 0 Å². The van der Waals surface area contributed by atoms with E-state index in [-0.39, 0.29) is 30.1 Å². The molecule has 160 valence electrons. The fraction of sp³-hybridized carbons (Fsp3) is 0.591. The van der Waals surface area contributed by atoms with Crippen LogP contribution in [0, 0.1) is 0 Å². The van der Waals surface area contributed by atoms with Crippen LogP contribution in [0.15, 0.2) is 30.3 Å². The van der Waals surface area contributed by atoms with Gasteiger partial charge in [0, 0.05) is 31.5 Å². The molecule has 4 saturated heterocycles. The number of hydrogen-bond donors (Lipinski definition) is 2. The Hall–Kier alpha value is -2.61. The van der Waals surface area contributed by atoms with Crippen LogP contribution in [-0.4, -0.2) is 76.2 Å². The number of nitrogens with one attached hydrogen (secondary N) is 1. The first-order valence-electron chi connectivity index (χ1n) is 10.8. The average molecular weight is 413 g/mol. The zero-order valence-corrected chi connectivity index (χ0v) is 16.8. The first kappa shape index (κ1) is 19.4. The lowest BCUT2D eigenvalue weighted by Crippen LogP contribution is -2.57. The number of nitrogens with zero attached hydrogens (tertiary/aromatic N) is 2. The van der Waals surface area contributed by atoms with E-state index in [9.17, 15) is 19.5 Å². The maximum Gasteiger partial charge on any atom is 0.405 e. The largest absolute Gasteiger partial charge is 0.465 e. The van der Waals surface area contributed by atoms with E-state index in [1.165, 1.54) is 5.56 Å². The lowest BCUT2D eigenvalue weighted by molar-refractivity contribution is -0.146. The second kappa shape index (κ2) is 7.58. The molecule has 4 aliphatic heterocycles. The van der Waals surface area contributed by atoms with Crippen molar-refractivity contribution in [2.45, 2.75) is 68.4 Å². The van der Waals surface area contributed by atoms with Crippen molar-refractivity contribution in [3.05, 3.63) is 35.9 Å². The summed E-state index contributed by atoms with van der Waals surface area (Å²) in [5.74, 6) is 0.0237. The molecule has 0 radical (unpaired) electrons. The number of carbonyl (C=O) groups is 3. The summed E-state index contributed by atoms with van der Waals surface area (Å²) in [5.41, 5.74) is 1.24.